The van der Waals surface area contributed by atoms with Gasteiger partial charge in [-0.3, -0.25) is 9.59 Å². The van der Waals surface area contributed by atoms with Crippen LogP contribution >= 0.6 is 0 Å². The molecule has 0 radical (unpaired) electrons. The Bertz CT molecular complexity index is 449. The number of rotatable bonds is 6. The molecule has 2 unspecified atom stereocenters. The molecule has 1 rings (SSSR count). The van der Waals surface area contributed by atoms with Gasteiger partial charge in [-0.05, 0) is 6.92 Å². The molecule has 7 nitrogen and oxygen atoms in total. The number of aliphatic carboxylic acids is 1. The second kappa shape index (κ2) is 6.01. The van der Waals surface area contributed by atoms with Crippen molar-refractivity contribution in [2.75, 3.05) is 20.2 Å². The molecule has 2 atom stereocenters. The van der Waals surface area contributed by atoms with Crippen LogP contribution in [0.4, 0.5) is 0 Å². The van der Waals surface area contributed by atoms with Gasteiger partial charge >= 0.3 is 5.97 Å². The molecule has 7 heteroatoms. The van der Waals surface area contributed by atoms with Crippen molar-refractivity contribution in [1.29, 1.82) is 0 Å². The zero-order valence-electron chi connectivity index (χ0n) is 13.2. The Labute approximate surface area is 124 Å². The highest BCUT2D eigenvalue weighted by atomic mass is 16.5. The zero-order valence-corrected chi connectivity index (χ0v) is 13.2. The Morgan fingerprint density at radius 1 is 1.38 bits per heavy atom. The normalized spacial score (nSPS) is 26.6. The van der Waals surface area contributed by atoms with Gasteiger partial charge in [-0.2, -0.15) is 0 Å². The highest BCUT2D eigenvalue weighted by Gasteiger charge is 2.66. The number of carboxylic acid groups (broad SMARTS) is 1. The van der Waals surface area contributed by atoms with E-state index in [0.717, 1.165) is 0 Å². The zero-order chi connectivity index (χ0) is 16.4. The topological polar surface area (TPSA) is 95.9 Å². The van der Waals surface area contributed by atoms with Crippen LogP contribution in [0, 0.1) is 5.41 Å². The molecule has 0 bridgehead atoms. The average molecular weight is 300 g/mol. The SMILES string of the molecule is CCOC1CC(NC(=O)CN(C)C(C)=O)(C(=O)O)C1(C)C. The molecule has 21 heavy (non-hydrogen) atoms. The van der Waals surface area contributed by atoms with Gasteiger partial charge in [0.2, 0.25) is 11.8 Å². The first-order valence-corrected chi connectivity index (χ1v) is 6.96. The molecule has 0 heterocycles. The van der Waals surface area contributed by atoms with Gasteiger partial charge in [0.05, 0.1) is 12.6 Å². The minimum atomic E-state index is -1.36. The lowest BCUT2D eigenvalue weighted by Gasteiger charge is -2.58. The molecule has 0 aromatic carbocycles. The van der Waals surface area contributed by atoms with Crippen molar-refractivity contribution in [3.8, 4) is 0 Å². The van der Waals surface area contributed by atoms with Crippen LogP contribution in [0.15, 0.2) is 0 Å². The summed E-state index contributed by atoms with van der Waals surface area (Å²) in [4.78, 5) is 36.1. The highest BCUT2D eigenvalue weighted by Crippen LogP contribution is 2.51. The van der Waals surface area contributed by atoms with Crippen molar-refractivity contribution in [3.05, 3.63) is 0 Å². The van der Waals surface area contributed by atoms with E-state index >= 15 is 0 Å². The largest absolute Gasteiger partial charge is 0.479 e. The van der Waals surface area contributed by atoms with Gasteiger partial charge in [0.15, 0.2) is 0 Å². The third-order valence-corrected chi connectivity index (χ3v) is 4.40. The Balaban J connectivity index is 2.83. The summed E-state index contributed by atoms with van der Waals surface area (Å²) in [5.74, 6) is -1.82. The third-order valence-electron chi connectivity index (χ3n) is 4.40. The van der Waals surface area contributed by atoms with Crippen LogP contribution < -0.4 is 5.32 Å². The third kappa shape index (κ3) is 3.02. The second-order valence-corrected chi connectivity index (χ2v) is 6.00. The number of carbonyl (C=O) groups is 3. The predicted molar refractivity (Wildman–Crippen MR) is 75.6 cm³/mol. The lowest BCUT2D eigenvalue weighted by Crippen LogP contribution is -2.76. The number of hydrogen-bond acceptors (Lipinski definition) is 4. The Morgan fingerprint density at radius 3 is 2.33 bits per heavy atom. The molecule has 1 fully saturated rings. The molecule has 0 aliphatic heterocycles. The number of likely N-dealkylation sites (N-methyl/N-ethyl adjacent to an activating group) is 1. The van der Waals surface area contributed by atoms with Crippen molar-refractivity contribution < 1.29 is 24.2 Å². The van der Waals surface area contributed by atoms with E-state index < -0.39 is 22.8 Å². The van der Waals surface area contributed by atoms with Crippen LogP contribution in [0.1, 0.15) is 34.1 Å². The number of carbonyl (C=O) groups excluding carboxylic acids is 2. The summed E-state index contributed by atoms with van der Waals surface area (Å²) in [5, 5.41) is 12.1. The maximum atomic E-state index is 12.0. The fourth-order valence-electron chi connectivity index (χ4n) is 2.64. The summed E-state index contributed by atoms with van der Waals surface area (Å²) in [6.07, 6.45) is 0.00282. The molecule has 1 saturated carbocycles. The summed E-state index contributed by atoms with van der Waals surface area (Å²) in [5.41, 5.74) is -2.08. The molecule has 0 spiro atoms. The maximum Gasteiger partial charge on any atom is 0.330 e. The standard InChI is InChI=1S/C14H24N2O5/c1-6-21-10-7-14(12(19)20,13(10,3)4)15-11(18)8-16(5)9(2)17/h10H,6-8H2,1-5H3,(H,15,18)(H,19,20). The smallest absolute Gasteiger partial charge is 0.330 e. The molecule has 2 amide bonds. The number of hydrogen-bond donors (Lipinski definition) is 2. The van der Waals surface area contributed by atoms with Crippen LogP contribution in [-0.2, 0) is 19.1 Å². The molecule has 2 N–H and O–H groups in total. The summed E-state index contributed by atoms with van der Waals surface area (Å²) < 4.78 is 5.52. The lowest BCUT2D eigenvalue weighted by molar-refractivity contribution is -0.194. The van der Waals surface area contributed by atoms with E-state index in [1.54, 1.807) is 13.8 Å². The number of ether oxygens (including phenoxy) is 1. The van der Waals surface area contributed by atoms with Crippen LogP contribution in [0.3, 0.4) is 0 Å². The molecule has 1 aliphatic rings. The molecular weight excluding hydrogens is 276 g/mol. The lowest BCUT2D eigenvalue weighted by atomic mass is 9.54. The van der Waals surface area contributed by atoms with E-state index in [2.05, 4.69) is 5.32 Å². The minimum absolute atomic E-state index is 0.167. The van der Waals surface area contributed by atoms with Crippen molar-refractivity contribution >= 4 is 17.8 Å². The van der Waals surface area contributed by atoms with Gasteiger partial charge in [0, 0.05) is 32.4 Å². The summed E-state index contributed by atoms with van der Waals surface area (Å²) in [6, 6.07) is 0. The monoisotopic (exact) mass is 300 g/mol. The quantitative estimate of drug-likeness (QED) is 0.732. The van der Waals surface area contributed by atoms with E-state index in [-0.39, 0.29) is 25.0 Å². The number of carboxylic acids is 1. The first kappa shape index (κ1) is 17.4. The van der Waals surface area contributed by atoms with Crippen molar-refractivity contribution in [2.24, 2.45) is 5.41 Å². The first-order valence-electron chi connectivity index (χ1n) is 6.96. The molecule has 1 aliphatic carbocycles. The number of nitrogens with zero attached hydrogens (tertiary/aromatic N) is 1. The maximum absolute atomic E-state index is 12.0. The Morgan fingerprint density at radius 2 is 1.95 bits per heavy atom. The summed E-state index contributed by atoms with van der Waals surface area (Å²) >= 11 is 0. The second-order valence-electron chi connectivity index (χ2n) is 6.00. The van der Waals surface area contributed by atoms with E-state index in [9.17, 15) is 19.5 Å². The van der Waals surface area contributed by atoms with Crippen LogP contribution in [-0.4, -0.2) is 59.6 Å². The fraction of sp³-hybridized carbons (Fsp3) is 0.786. The number of nitrogens with one attached hydrogen (secondary N) is 1. The van der Waals surface area contributed by atoms with Gasteiger partial charge in [0.1, 0.15) is 5.54 Å². The van der Waals surface area contributed by atoms with Crippen LogP contribution in [0.5, 0.6) is 0 Å². The minimum Gasteiger partial charge on any atom is -0.479 e. The van der Waals surface area contributed by atoms with Crippen molar-refractivity contribution in [1.82, 2.24) is 10.2 Å². The van der Waals surface area contributed by atoms with Crippen molar-refractivity contribution in [3.63, 3.8) is 0 Å². The average Bonchev–Trinajstić information content (AvgIpc) is 2.36. The Kier molecular flexibility index (Phi) is 4.99. The molecule has 0 saturated heterocycles. The summed E-state index contributed by atoms with van der Waals surface area (Å²) in [6.45, 7) is 7.04. The van der Waals surface area contributed by atoms with E-state index in [1.165, 1.54) is 18.9 Å². The number of amides is 2. The van der Waals surface area contributed by atoms with Gasteiger partial charge in [-0.15, -0.1) is 0 Å². The van der Waals surface area contributed by atoms with Gasteiger partial charge < -0.3 is 20.1 Å². The molecular formula is C14H24N2O5. The Hall–Kier alpha value is -1.63. The van der Waals surface area contributed by atoms with Gasteiger partial charge in [-0.1, -0.05) is 13.8 Å². The van der Waals surface area contributed by atoms with E-state index in [1.807, 2.05) is 6.92 Å². The van der Waals surface area contributed by atoms with E-state index in [0.29, 0.717) is 6.61 Å². The molecule has 0 aromatic heterocycles. The first-order chi connectivity index (χ1) is 9.58. The molecule has 0 aromatic rings. The summed E-state index contributed by atoms with van der Waals surface area (Å²) in [7, 11) is 1.49. The van der Waals surface area contributed by atoms with Crippen LogP contribution in [0.2, 0.25) is 0 Å². The van der Waals surface area contributed by atoms with Crippen LogP contribution in [0.25, 0.3) is 0 Å². The van der Waals surface area contributed by atoms with Crippen molar-refractivity contribution in [2.45, 2.75) is 45.8 Å². The van der Waals surface area contributed by atoms with Gasteiger partial charge in [-0.25, -0.2) is 4.79 Å². The molecule has 120 valence electrons. The predicted octanol–water partition coefficient (Wildman–Crippen LogP) is 0.239. The fourth-order valence-corrected chi connectivity index (χ4v) is 2.64. The van der Waals surface area contributed by atoms with Gasteiger partial charge in [0.25, 0.3) is 0 Å². The highest BCUT2D eigenvalue weighted by molar-refractivity contribution is 5.91. The van der Waals surface area contributed by atoms with E-state index in [4.69, 9.17) is 4.74 Å².